The van der Waals surface area contributed by atoms with E-state index in [1.807, 2.05) is 42.5 Å². The minimum atomic E-state index is 0.910. The molecule has 0 atom stereocenters. The highest BCUT2D eigenvalue weighted by molar-refractivity contribution is 7.78. The number of hydrogen-bond acceptors (Lipinski definition) is 3. The van der Waals surface area contributed by atoms with Crippen LogP contribution < -0.4 is 4.90 Å². The Balaban J connectivity index is 1.70. The summed E-state index contributed by atoms with van der Waals surface area (Å²) >= 11 is 4.51. The fourth-order valence-corrected chi connectivity index (χ4v) is 3.25. The van der Waals surface area contributed by atoms with Crippen molar-refractivity contribution in [2.45, 2.75) is 0 Å². The Labute approximate surface area is 158 Å². The quantitative estimate of drug-likeness (QED) is 0.475. The molecule has 0 aliphatic carbocycles. The second kappa shape index (κ2) is 7.10. The van der Waals surface area contributed by atoms with Crippen LogP contribution in [0, 0.1) is 0 Å². The maximum absolute atomic E-state index is 4.55. The fourth-order valence-electron chi connectivity index (χ4n) is 2.98. The van der Waals surface area contributed by atoms with Crippen LogP contribution in [0.5, 0.6) is 0 Å². The van der Waals surface area contributed by atoms with Gasteiger partial charge in [-0.2, -0.15) is 5.10 Å². The van der Waals surface area contributed by atoms with Gasteiger partial charge in [0.2, 0.25) is 0 Å². The summed E-state index contributed by atoms with van der Waals surface area (Å²) in [5.74, 6) is 0. The maximum atomic E-state index is 4.55. The van der Waals surface area contributed by atoms with E-state index >= 15 is 0 Å². The molecule has 0 aliphatic rings. The molecule has 0 radical (unpaired) electrons. The molecule has 4 heteroatoms. The smallest absolute Gasteiger partial charge is 0.0940 e. The summed E-state index contributed by atoms with van der Waals surface area (Å²) in [4.78, 5) is 2.15. The molecule has 0 saturated carbocycles. The molecule has 1 heterocycles. The lowest BCUT2D eigenvalue weighted by molar-refractivity contribution is 1.04. The van der Waals surface area contributed by atoms with Crippen LogP contribution in [0.4, 0.5) is 11.4 Å². The van der Waals surface area contributed by atoms with E-state index in [1.54, 1.807) is 4.09 Å². The minimum Gasteiger partial charge on any atom is -0.345 e. The van der Waals surface area contributed by atoms with Crippen LogP contribution in [-0.4, -0.2) is 16.2 Å². The van der Waals surface area contributed by atoms with Crippen molar-refractivity contribution in [3.63, 3.8) is 0 Å². The molecule has 0 fully saturated rings. The van der Waals surface area contributed by atoms with Crippen LogP contribution in [0.1, 0.15) is 11.3 Å². The molecule has 128 valence electrons. The second-order valence-electron chi connectivity index (χ2n) is 6.11. The number of rotatable bonds is 4. The zero-order valence-corrected chi connectivity index (χ0v) is 15.3. The number of para-hydroxylation sites is 1. The standard InChI is InChI=1S/C22H19N3S/c1-24(18-10-6-3-7-11-18)19-13-14-20-21(23-25(26)22(20)16-19)15-12-17-8-4-2-5-9-17/h2-16,26H,1H3. The van der Waals surface area contributed by atoms with Gasteiger partial charge in [0, 0.05) is 23.8 Å². The zero-order valence-electron chi connectivity index (χ0n) is 14.4. The van der Waals surface area contributed by atoms with Crippen LogP contribution >= 0.6 is 12.8 Å². The van der Waals surface area contributed by atoms with Gasteiger partial charge in [-0.3, -0.25) is 0 Å². The lowest BCUT2D eigenvalue weighted by atomic mass is 10.1. The Morgan fingerprint density at radius 1 is 0.846 bits per heavy atom. The van der Waals surface area contributed by atoms with Crippen molar-refractivity contribution in [3.8, 4) is 0 Å². The van der Waals surface area contributed by atoms with Gasteiger partial charge in [0.05, 0.1) is 11.2 Å². The van der Waals surface area contributed by atoms with Crippen molar-refractivity contribution in [2.24, 2.45) is 0 Å². The van der Waals surface area contributed by atoms with Gasteiger partial charge in [0.1, 0.15) is 0 Å². The van der Waals surface area contributed by atoms with Crippen molar-refractivity contribution >= 4 is 47.2 Å². The summed E-state index contributed by atoms with van der Waals surface area (Å²) in [6, 6.07) is 26.8. The van der Waals surface area contributed by atoms with Gasteiger partial charge in [-0.05, 0) is 54.8 Å². The molecule has 0 amide bonds. The van der Waals surface area contributed by atoms with Gasteiger partial charge < -0.3 is 4.90 Å². The first kappa shape index (κ1) is 16.5. The van der Waals surface area contributed by atoms with Gasteiger partial charge in [-0.15, -0.1) is 0 Å². The Morgan fingerprint density at radius 3 is 2.27 bits per heavy atom. The van der Waals surface area contributed by atoms with Gasteiger partial charge in [0.15, 0.2) is 0 Å². The lowest BCUT2D eigenvalue weighted by Crippen LogP contribution is -2.08. The lowest BCUT2D eigenvalue weighted by Gasteiger charge is -2.19. The summed E-state index contributed by atoms with van der Waals surface area (Å²) in [6.07, 6.45) is 4.10. The first-order valence-corrected chi connectivity index (χ1v) is 8.86. The first-order chi connectivity index (χ1) is 12.7. The number of aromatic nitrogens is 2. The largest absolute Gasteiger partial charge is 0.345 e. The number of hydrogen-bond donors (Lipinski definition) is 1. The van der Waals surface area contributed by atoms with Gasteiger partial charge in [-0.25, -0.2) is 4.09 Å². The molecular weight excluding hydrogens is 338 g/mol. The van der Waals surface area contributed by atoms with E-state index in [-0.39, 0.29) is 0 Å². The summed E-state index contributed by atoms with van der Waals surface area (Å²) in [6.45, 7) is 0. The Morgan fingerprint density at radius 2 is 1.54 bits per heavy atom. The van der Waals surface area contributed by atoms with Gasteiger partial charge in [-0.1, -0.05) is 54.6 Å². The van der Waals surface area contributed by atoms with E-state index in [1.165, 1.54) is 0 Å². The summed E-state index contributed by atoms with van der Waals surface area (Å²) in [5.41, 5.74) is 5.28. The third kappa shape index (κ3) is 3.24. The average molecular weight is 357 g/mol. The van der Waals surface area contributed by atoms with Crippen molar-refractivity contribution in [1.82, 2.24) is 9.19 Å². The van der Waals surface area contributed by atoms with E-state index in [0.29, 0.717) is 0 Å². The topological polar surface area (TPSA) is 21.1 Å². The second-order valence-corrected chi connectivity index (χ2v) is 6.49. The Kier molecular flexibility index (Phi) is 4.50. The molecule has 4 rings (SSSR count). The summed E-state index contributed by atoms with van der Waals surface area (Å²) in [7, 11) is 2.06. The van der Waals surface area contributed by atoms with Crippen molar-refractivity contribution in [2.75, 3.05) is 11.9 Å². The Bertz CT molecular complexity index is 1050. The highest BCUT2D eigenvalue weighted by Gasteiger charge is 2.10. The minimum absolute atomic E-state index is 0.910. The predicted molar refractivity (Wildman–Crippen MR) is 114 cm³/mol. The first-order valence-electron chi connectivity index (χ1n) is 8.46. The van der Waals surface area contributed by atoms with Crippen LogP contribution in [0.3, 0.4) is 0 Å². The van der Waals surface area contributed by atoms with Crippen molar-refractivity contribution in [1.29, 1.82) is 0 Å². The zero-order chi connectivity index (χ0) is 17.9. The highest BCUT2D eigenvalue weighted by atomic mass is 32.1. The fraction of sp³-hybridized carbons (Fsp3) is 0.0455. The van der Waals surface area contributed by atoms with Crippen molar-refractivity contribution < 1.29 is 0 Å². The molecular formula is C22H19N3S. The van der Waals surface area contributed by atoms with E-state index in [0.717, 1.165) is 33.5 Å². The molecule has 3 nitrogen and oxygen atoms in total. The molecule has 0 unspecified atom stereocenters. The monoisotopic (exact) mass is 357 g/mol. The SMILES string of the molecule is CN(c1ccccc1)c1ccc2c(C=Cc3ccccc3)nn(S)c2c1. The normalized spacial score (nSPS) is 11.3. The molecule has 3 aromatic carbocycles. The predicted octanol–water partition coefficient (Wildman–Crippen LogP) is 5.67. The van der Waals surface area contributed by atoms with Gasteiger partial charge >= 0.3 is 0 Å². The number of fused-ring (bicyclic) bond motifs is 1. The van der Waals surface area contributed by atoms with E-state index in [4.69, 9.17) is 0 Å². The maximum Gasteiger partial charge on any atom is 0.0940 e. The van der Waals surface area contributed by atoms with Gasteiger partial charge in [0.25, 0.3) is 0 Å². The van der Waals surface area contributed by atoms with Crippen LogP contribution in [0.2, 0.25) is 0 Å². The third-order valence-corrected chi connectivity index (χ3v) is 4.74. The molecule has 0 N–H and O–H groups in total. The van der Waals surface area contributed by atoms with Crippen LogP contribution in [0.15, 0.2) is 78.9 Å². The average Bonchev–Trinajstić information content (AvgIpc) is 3.02. The molecule has 0 bridgehead atoms. The molecule has 0 aliphatic heterocycles. The number of anilines is 2. The summed E-state index contributed by atoms with van der Waals surface area (Å²) < 4.78 is 1.64. The summed E-state index contributed by atoms with van der Waals surface area (Å²) in [5, 5.41) is 5.63. The molecule has 26 heavy (non-hydrogen) atoms. The number of benzene rings is 3. The van der Waals surface area contributed by atoms with E-state index in [2.05, 4.69) is 78.4 Å². The van der Waals surface area contributed by atoms with Crippen LogP contribution in [0.25, 0.3) is 23.1 Å². The van der Waals surface area contributed by atoms with E-state index < -0.39 is 0 Å². The Hall–Kier alpha value is -2.98. The van der Waals surface area contributed by atoms with Crippen molar-refractivity contribution in [3.05, 3.63) is 90.1 Å². The van der Waals surface area contributed by atoms with E-state index in [9.17, 15) is 0 Å². The number of thiol groups is 1. The molecule has 0 spiro atoms. The molecule has 1 aromatic heterocycles. The number of nitrogens with zero attached hydrogens (tertiary/aromatic N) is 3. The molecule has 4 aromatic rings. The van der Waals surface area contributed by atoms with Crippen LogP contribution in [-0.2, 0) is 0 Å². The molecule has 0 saturated heterocycles. The highest BCUT2D eigenvalue weighted by Crippen LogP contribution is 2.29. The third-order valence-electron chi connectivity index (χ3n) is 4.44.